The van der Waals surface area contributed by atoms with E-state index in [1.165, 1.54) is 0 Å². The summed E-state index contributed by atoms with van der Waals surface area (Å²) in [7, 11) is 0. The number of amides is 2. The SMILES string of the molecule is CCOCCN1C(=O)C(C(C)CC)NC(=O)C1C1CC1. The highest BCUT2D eigenvalue weighted by Gasteiger charge is 2.48. The molecule has 2 amide bonds. The molecule has 1 aliphatic heterocycles. The van der Waals surface area contributed by atoms with Crippen LogP contribution in [-0.2, 0) is 14.3 Å². The molecule has 0 radical (unpaired) electrons. The molecule has 20 heavy (non-hydrogen) atoms. The number of rotatable bonds is 7. The molecule has 5 nitrogen and oxygen atoms in total. The molecule has 5 heteroatoms. The Morgan fingerprint density at radius 3 is 2.60 bits per heavy atom. The van der Waals surface area contributed by atoms with E-state index in [-0.39, 0.29) is 29.8 Å². The first-order valence-electron chi connectivity index (χ1n) is 7.78. The maximum Gasteiger partial charge on any atom is 0.246 e. The topological polar surface area (TPSA) is 58.6 Å². The van der Waals surface area contributed by atoms with E-state index < -0.39 is 0 Å². The summed E-state index contributed by atoms with van der Waals surface area (Å²) in [5.74, 6) is 0.601. The van der Waals surface area contributed by atoms with Crippen LogP contribution in [0, 0.1) is 11.8 Å². The molecule has 0 aromatic heterocycles. The molecule has 0 spiro atoms. The van der Waals surface area contributed by atoms with Gasteiger partial charge in [-0.1, -0.05) is 20.3 Å². The first-order chi connectivity index (χ1) is 9.60. The Labute approximate surface area is 121 Å². The number of nitrogens with zero attached hydrogens (tertiary/aromatic N) is 1. The third kappa shape index (κ3) is 3.14. The van der Waals surface area contributed by atoms with E-state index >= 15 is 0 Å². The summed E-state index contributed by atoms with van der Waals surface area (Å²) in [5.41, 5.74) is 0. The molecule has 1 saturated carbocycles. The molecule has 2 fully saturated rings. The van der Waals surface area contributed by atoms with Crippen LogP contribution in [0.2, 0.25) is 0 Å². The lowest BCUT2D eigenvalue weighted by Crippen LogP contribution is -2.66. The van der Waals surface area contributed by atoms with Crippen molar-refractivity contribution in [2.45, 2.75) is 52.1 Å². The second-order valence-corrected chi connectivity index (χ2v) is 5.88. The van der Waals surface area contributed by atoms with Crippen molar-refractivity contribution in [3.63, 3.8) is 0 Å². The van der Waals surface area contributed by atoms with Crippen molar-refractivity contribution in [3.8, 4) is 0 Å². The van der Waals surface area contributed by atoms with Crippen LogP contribution in [0.5, 0.6) is 0 Å². The highest BCUT2D eigenvalue weighted by molar-refractivity contribution is 5.97. The van der Waals surface area contributed by atoms with Gasteiger partial charge >= 0.3 is 0 Å². The van der Waals surface area contributed by atoms with Crippen molar-refractivity contribution >= 4 is 11.8 Å². The summed E-state index contributed by atoms with van der Waals surface area (Å²) in [5, 5.41) is 2.94. The molecule has 2 rings (SSSR count). The largest absolute Gasteiger partial charge is 0.380 e. The van der Waals surface area contributed by atoms with Gasteiger partial charge < -0.3 is 15.0 Å². The van der Waals surface area contributed by atoms with Gasteiger partial charge in [-0.25, -0.2) is 0 Å². The van der Waals surface area contributed by atoms with Gasteiger partial charge in [0, 0.05) is 13.2 Å². The third-order valence-electron chi connectivity index (χ3n) is 4.41. The average Bonchev–Trinajstić information content (AvgIpc) is 3.26. The quantitative estimate of drug-likeness (QED) is 0.713. The molecule has 1 saturated heterocycles. The van der Waals surface area contributed by atoms with Crippen LogP contribution in [-0.4, -0.2) is 48.6 Å². The number of hydrogen-bond acceptors (Lipinski definition) is 3. The zero-order valence-electron chi connectivity index (χ0n) is 12.7. The average molecular weight is 282 g/mol. The van der Waals surface area contributed by atoms with Gasteiger partial charge in [0.25, 0.3) is 0 Å². The second kappa shape index (κ2) is 6.57. The highest BCUT2D eigenvalue weighted by atomic mass is 16.5. The van der Waals surface area contributed by atoms with Crippen molar-refractivity contribution in [1.29, 1.82) is 0 Å². The van der Waals surface area contributed by atoms with Crippen LogP contribution in [0.3, 0.4) is 0 Å². The predicted octanol–water partition coefficient (Wildman–Crippen LogP) is 1.17. The number of hydrogen-bond donors (Lipinski definition) is 1. The smallest absolute Gasteiger partial charge is 0.246 e. The molecule has 2 aliphatic rings. The Morgan fingerprint density at radius 2 is 2.05 bits per heavy atom. The fourth-order valence-corrected chi connectivity index (χ4v) is 2.82. The van der Waals surface area contributed by atoms with Crippen LogP contribution >= 0.6 is 0 Å². The molecule has 1 heterocycles. The maximum absolute atomic E-state index is 12.7. The molecule has 114 valence electrons. The van der Waals surface area contributed by atoms with Gasteiger partial charge in [0.2, 0.25) is 11.8 Å². The van der Waals surface area contributed by atoms with Gasteiger partial charge in [-0.3, -0.25) is 9.59 Å². The number of ether oxygens (including phenoxy) is 1. The van der Waals surface area contributed by atoms with Crippen molar-refractivity contribution < 1.29 is 14.3 Å². The van der Waals surface area contributed by atoms with Crippen LogP contribution < -0.4 is 5.32 Å². The van der Waals surface area contributed by atoms with Crippen LogP contribution in [0.1, 0.15) is 40.0 Å². The van der Waals surface area contributed by atoms with E-state index in [4.69, 9.17) is 4.74 Å². The van der Waals surface area contributed by atoms with Gasteiger partial charge in [-0.15, -0.1) is 0 Å². The molecule has 1 N–H and O–H groups in total. The van der Waals surface area contributed by atoms with E-state index in [2.05, 4.69) is 5.32 Å². The zero-order chi connectivity index (χ0) is 14.7. The first-order valence-corrected chi connectivity index (χ1v) is 7.78. The molecule has 0 bridgehead atoms. The summed E-state index contributed by atoms with van der Waals surface area (Å²) in [6.07, 6.45) is 2.97. The van der Waals surface area contributed by atoms with E-state index in [9.17, 15) is 9.59 Å². The number of nitrogens with one attached hydrogen (secondary N) is 1. The minimum Gasteiger partial charge on any atom is -0.380 e. The standard InChI is InChI=1S/C15H26N2O3/c1-4-10(3)12-15(19)17(8-9-20-5-2)13(11-6-7-11)14(18)16-12/h10-13H,4-9H2,1-3H3,(H,16,18). The lowest BCUT2D eigenvalue weighted by molar-refractivity contribution is -0.152. The maximum atomic E-state index is 12.7. The Morgan fingerprint density at radius 1 is 1.35 bits per heavy atom. The molecule has 1 aliphatic carbocycles. The zero-order valence-corrected chi connectivity index (χ0v) is 12.7. The number of piperazine rings is 1. The van der Waals surface area contributed by atoms with Crippen LogP contribution in [0.15, 0.2) is 0 Å². The van der Waals surface area contributed by atoms with E-state index in [0.717, 1.165) is 19.3 Å². The van der Waals surface area contributed by atoms with Gasteiger partial charge in [0.15, 0.2) is 0 Å². The van der Waals surface area contributed by atoms with Crippen molar-refractivity contribution in [3.05, 3.63) is 0 Å². The fraction of sp³-hybridized carbons (Fsp3) is 0.867. The van der Waals surface area contributed by atoms with Gasteiger partial charge in [-0.05, 0) is 31.6 Å². The Hall–Kier alpha value is -1.10. The summed E-state index contributed by atoms with van der Waals surface area (Å²) in [6.45, 7) is 7.66. The third-order valence-corrected chi connectivity index (χ3v) is 4.41. The normalized spacial score (nSPS) is 28.4. The fourth-order valence-electron chi connectivity index (χ4n) is 2.82. The molecule has 0 aromatic carbocycles. The van der Waals surface area contributed by atoms with Gasteiger partial charge in [0.05, 0.1) is 6.61 Å². The van der Waals surface area contributed by atoms with E-state index in [1.807, 2.05) is 20.8 Å². The van der Waals surface area contributed by atoms with Gasteiger partial charge in [-0.2, -0.15) is 0 Å². The van der Waals surface area contributed by atoms with E-state index in [1.54, 1.807) is 4.90 Å². The lowest BCUT2D eigenvalue weighted by atomic mass is 9.93. The van der Waals surface area contributed by atoms with Crippen molar-refractivity contribution in [2.24, 2.45) is 11.8 Å². The monoisotopic (exact) mass is 282 g/mol. The predicted molar refractivity (Wildman–Crippen MR) is 76.1 cm³/mol. The summed E-state index contributed by atoms with van der Waals surface area (Å²) < 4.78 is 5.36. The Kier molecular flexibility index (Phi) is 5.02. The molecule has 3 unspecified atom stereocenters. The Bertz CT molecular complexity index is 368. The Balaban J connectivity index is 2.10. The van der Waals surface area contributed by atoms with E-state index in [0.29, 0.717) is 25.7 Å². The number of carbonyl (C=O) groups excluding carboxylic acids is 2. The van der Waals surface area contributed by atoms with Crippen molar-refractivity contribution in [2.75, 3.05) is 19.8 Å². The van der Waals surface area contributed by atoms with Gasteiger partial charge in [0.1, 0.15) is 12.1 Å². The van der Waals surface area contributed by atoms with Crippen molar-refractivity contribution in [1.82, 2.24) is 10.2 Å². The highest BCUT2D eigenvalue weighted by Crippen LogP contribution is 2.37. The van der Waals surface area contributed by atoms with Crippen LogP contribution in [0.4, 0.5) is 0 Å². The molecule has 3 atom stereocenters. The summed E-state index contributed by atoms with van der Waals surface area (Å²) in [4.78, 5) is 26.8. The second-order valence-electron chi connectivity index (χ2n) is 5.88. The minimum absolute atomic E-state index is 0.0221. The summed E-state index contributed by atoms with van der Waals surface area (Å²) in [6, 6.07) is -0.646. The molecule has 0 aromatic rings. The van der Waals surface area contributed by atoms with Crippen LogP contribution in [0.25, 0.3) is 0 Å². The summed E-state index contributed by atoms with van der Waals surface area (Å²) >= 11 is 0. The minimum atomic E-state index is -0.371. The lowest BCUT2D eigenvalue weighted by Gasteiger charge is -2.41. The number of carbonyl (C=O) groups is 2. The molecular weight excluding hydrogens is 256 g/mol. The first kappa shape index (κ1) is 15.3. The molecular formula is C15H26N2O3.